The maximum atomic E-state index is 12.9. The fourth-order valence-corrected chi connectivity index (χ4v) is 5.63. The van der Waals surface area contributed by atoms with Crippen LogP contribution in [0.5, 0.6) is 0 Å². The van der Waals surface area contributed by atoms with E-state index >= 15 is 0 Å². The summed E-state index contributed by atoms with van der Waals surface area (Å²) in [6.07, 6.45) is 3.57. The van der Waals surface area contributed by atoms with Gasteiger partial charge in [-0.15, -0.1) is 21.5 Å². The summed E-state index contributed by atoms with van der Waals surface area (Å²) >= 11 is 2.65. The van der Waals surface area contributed by atoms with Gasteiger partial charge in [0.15, 0.2) is 15.0 Å². The van der Waals surface area contributed by atoms with Gasteiger partial charge in [0.1, 0.15) is 4.21 Å². The topological polar surface area (TPSA) is 114 Å². The highest BCUT2D eigenvalue weighted by molar-refractivity contribution is 7.98. The fourth-order valence-electron chi connectivity index (χ4n) is 2.58. The number of nitrogens with zero attached hydrogens (tertiary/aromatic N) is 5. The Morgan fingerprint density at radius 2 is 2.07 bits per heavy atom. The summed E-state index contributed by atoms with van der Waals surface area (Å²) in [5.74, 6) is 0.310. The Labute approximate surface area is 169 Å². The van der Waals surface area contributed by atoms with Gasteiger partial charge < -0.3 is 0 Å². The molecule has 0 aliphatic carbocycles. The van der Waals surface area contributed by atoms with Crippen molar-refractivity contribution in [3.63, 3.8) is 0 Å². The average Bonchev–Trinajstić information content (AvgIpc) is 3.40. The maximum Gasteiger partial charge on any atom is 0.204 e. The van der Waals surface area contributed by atoms with Crippen molar-refractivity contribution in [1.82, 2.24) is 30.6 Å². The van der Waals surface area contributed by atoms with Crippen LogP contribution in [0.3, 0.4) is 0 Å². The lowest BCUT2D eigenvalue weighted by atomic mass is 10.1. The molecule has 8 nitrogen and oxygen atoms in total. The lowest BCUT2D eigenvalue weighted by molar-refractivity contribution is 0.597. The van der Waals surface area contributed by atoms with Gasteiger partial charge in [-0.25, -0.2) is 18.4 Å². The second-order valence-electron chi connectivity index (χ2n) is 5.74. The number of thioether (sulfide) groups is 1. The lowest BCUT2D eigenvalue weighted by Gasteiger charge is -2.04. The molecule has 3 aromatic heterocycles. The first-order valence-corrected chi connectivity index (χ1v) is 11.8. The number of hydrogen-bond acceptors (Lipinski definition) is 9. The molecule has 0 aliphatic heterocycles. The van der Waals surface area contributed by atoms with Gasteiger partial charge in [-0.1, -0.05) is 30.0 Å². The van der Waals surface area contributed by atoms with E-state index in [2.05, 4.69) is 30.6 Å². The Balaban J connectivity index is 1.59. The molecular weight excluding hydrogens is 416 g/mol. The molecule has 4 aromatic rings. The van der Waals surface area contributed by atoms with Gasteiger partial charge in [-0.3, -0.25) is 0 Å². The quantitative estimate of drug-likeness (QED) is 0.367. The van der Waals surface area contributed by atoms with Crippen LogP contribution in [-0.2, 0) is 15.6 Å². The predicted octanol–water partition coefficient (Wildman–Crippen LogP) is 3.08. The van der Waals surface area contributed by atoms with E-state index in [1.165, 1.54) is 23.1 Å². The molecule has 0 unspecified atom stereocenters. The van der Waals surface area contributed by atoms with Gasteiger partial charge >= 0.3 is 0 Å². The minimum Gasteiger partial charge on any atom is -0.231 e. The zero-order chi connectivity index (χ0) is 19.6. The molecule has 0 fully saturated rings. The number of aromatic amines is 1. The number of benzene rings is 1. The smallest absolute Gasteiger partial charge is 0.204 e. The molecular formula is C17H14N6O2S3. The number of hydrogen-bond donors (Lipinski definition) is 1. The van der Waals surface area contributed by atoms with Crippen LogP contribution in [0, 0.1) is 0 Å². The summed E-state index contributed by atoms with van der Waals surface area (Å²) in [5, 5.41) is 14.4. The Morgan fingerprint density at radius 1 is 1.18 bits per heavy atom. The number of H-pyrrole nitrogens is 1. The monoisotopic (exact) mass is 430 g/mol. The summed E-state index contributed by atoms with van der Waals surface area (Å²) in [4.78, 5) is 9.36. The summed E-state index contributed by atoms with van der Waals surface area (Å²) in [6, 6.07) is 12.3. The number of thiophene rings is 1. The lowest BCUT2D eigenvalue weighted by Crippen LogP contribution is -2.03. The van der Waals surface area contributed by atoms with Crippen molar-refractivity contribution < 1.29 is 8.42 Å². The van der Waals surface area contributed by atoms with E-state index in [1.54, 1.807) is 42.6 Å². The van der Waals surface area contributed by atoms with Crippen LogP contribution in [0.1, 0.15) is 5.56 Å². The largest absolute Gasteiger partial charge is 0.231 e. The fraction of sp³-hybridized carbons (Fsp3) is 0.118. The molecule has 0 bridgehead atoms. The molecule has 0 aliphatic rings. The van der Waals surface area contributed by atoms with Gasteiger partial charge in [-0.05, 0) is 41.3 Å². The van der Waals surface area contributed by atoms with Gasteiger partial charge in [-0.2, -0.15) is 5.21 Å². The first kappa shape index (κ1) is 18.7. The molecule has 0 saturated carbocycles. The number of tetrazole rings is 1. The van der Waals surface area contributed by atoms with Crippen molar-refractivity contribution in [3.05, 3.63) is 54.2 Å². The van der Waals surface area contributed by atoms with Crippen molar-refractivity contribution in [3.8, 4) is 22.0 Å². The molecule has 0 atom stereocenters. The van der Waals surface area contributed by atoms with Crippen molar-refractivity contribution in [2.24, 2.45) is 0 Å². The van der Waals surface area contributed by atoms with Crippen LogP contribution in [0.25, 0.3) is 22.0 Å². The highest BCUT2D eigenvalue weighted by Crippen LogP contribution is 2.32. The number of sulfone groups is 1. The normalized spacial score (nSPS) is 11.6. The Kier molecular flexibility index (Phi) is 5.20. The summed E-state index contributed by atoms with van der Waals surface area (Å²) in [6.45, 7) is 0. The van der Waals surface area contributed by atoms with Gasteiger partial charge in [0, 0.05) is 11.8 Å². The van der Waals surface area contributed by atoms with E-state index in [0.717, 1.165) is 4.88 Å². The van der Waals surface area contributed by atoms with Crippen LogP contribution in [0.4, 0.5) is 0 Å². The zero-order valence-electron chi connectivity index (χ0n) is 14.6. The second-order valence-corrected chi connectivity index (χ2v) is 9.82. The zero-order valence-corrected chi connectivity index (χ0v) is 17.1. The van der Waals surface area contributed by atoms with E-state index in [-0.39, 0.29) is 5.75 Å². The first-order chi connectivity index (χ1) is 13.5. The number of nitrogens with one attached hydrogen (secondary N) is 1. The molecule has 0 saturated heterocycles. The van der Waals surface area contributed by atoms with E-state index in [4.69, 9.17) is 0 Å². The van der Waals surface area contributed by atoms with Crippen LogP contribution >= 0.6 is 23.1 Å². The maximum absolute atomic E-state index is 12.9. The second kappa shape index (κ2) is 7.78. The van der Waals surface area contributed by atoms with E-state index < -0.39 is 9.84 Å². The molecule has 3 heterocycles. The van der Waals surface area contributed by atoms with Crippen LogP contribution in [0.15, 0.2) is 58.0 Å². The minimum absolute atomic E-state index is 0.113. The highest BCUT2D eigenvalue weighted by atomic mass is 32.2. The highest BCUT2D eigenvalue weighted by Gasteiger charge is 2.19. The van der Waals surface area contributed by atoms with Crippen LogP contribution in [-0.4, -0.2) is 45.3 Å². The Morgan fingerprint density at radius 3 is 2.86 bits per heavy atom. The van der Waals surface area contributed by atoms with E-state index in [0.29, 0.717) is 32.0 Å². The van der Waals surface area contributed by atoms with Crippen LogP contribution < -0.4 is 0 Å². The predicted molar refractivity (Wildman–Crippen MR) is 108 cm³/mol. The van der Waals surface area contributed by atoms with Crippen molar-refractivity contribution in [2.45, 2.75) is 15.1 Å². The SMILES string of the molecule is CSc1nccc(-c2ccc(S(=O)(=O)Cc3cccc(-c4nn[nH]n4)c3)s2)n1. The Hall–Kier alpha value is -2.63. The molecule has 1 aromatic carbocycles. The molecule has 142 valence electrons. The number of rotatable bonds is 6. The summed E-state index contributed by atoms with van der Waals surface area (Å²) in [7, 11) is -3.50. The Bertz CT molecular complexity index is 1210. The van der Waals surface area contributed by atoms with Crippen LogP contribution in [0.2, 0.25) is 0 Å². The van der Waals surface area contributed by atoms with Gasteiger partial charge in [0.25, 0.3) is 0 Å². The minimum atomic E-state index is -3.50. The average molecular weight is 431 g/mol. The molecule has 11 heteroatoms. The van der Waals surface area contributed by atoms with Crippen molar-refractivity contribution >= 4 is 32.9 Å². The van der Waals surface area contributed by atoms with Crippen molar-refractivity contribution in [2.75, 3.05) is 6.26 Å². The summed E-state index contributed by atoms with van der Waals surface area (Å²) < 4.78 is 26.1. The third-order valence-electron chi connectivity index (χ3n) is 3.84. The molecule has 0 spiro atoms. The standard InChI is InChI=1S/C17H14N6O2S3/c1-26-17-18-8-7-13(19-17)14-5-6-15(27-14)28(24,25)10-11-3-2-4-12(9-11)16-20-22-23-21-16/h2-9H,10H2,1H3,(H,20,21,22,23). The third-order valence-corrected chi connectivity index (χ3v) is 7.78. The first-order valence-electron chi connectivity index (χ1n) is 8.08. The molecule has 1 N–H and O–H groups in total. The molecule has 0 radical (unpaired) electrons. The van der Waals surface area contributed by atoms with E-state index in [1.807, 2.05) is 12.3 Å². The van der Waals surface area contributed by atoms with Gasteiger partial charge in [0.2, 0.25) is 5.82 Å². The molecule has 0 amide bonds. The third kappa shape index (κ3) is 3.96. The van der Waals surface area contributed by atoms with E-state index in [9.17, 15) is 8.42 Å². The van der Waals surface area contributed by atoms with Gasteiger partial charge in [0.05, 0.1) is 16.3 Å². The molecule has 4 rings (SSSR count). The summed E-state index contributed by atoms with van der Waals surface area (Å²) in [5.41, 5.74) is 2.08. The molecule has 28 heavy (non-hydrogen) atoms. The number of aromatic nitrogens is 6. The van der Waals surface area contributed by atoms with Crippen molar-refractivity contribution in [1.29, 1.82) is 0 Å².